The number of carboxylic acids is 1. The Labute approximate surface area is 155 Å². The third-order valence-corrected chi connectivity index (χ3v) is 6.40. The van der Waals surface area contributed by atoms with E-state index in [2.05, 4.69) is 52.0 Å². The van der Waals surface area contributed by atoms with Crippen LogP contribution in [0.1, 0.15) is 47.5 Å². The summed E-state index contributed by atoms with van der Waals surface area (Å²) >= 11 is 5.36. The lowest BCUT2D eigenvalue weighted by Crippen LogP contribution is -2.46. The van der Waals surface area contributed by atoms with Crippen molar-refractivity contribution in [3.05, 3.63) is 56.2 Å². The molecule has 3 nitrogen and oxygen atoms in total. The zero-order valence-corrected chi connectivity index (χ0v) is 16.1. The molecule has 3 rings (SSSR count). The molecule has 1 aromatic heterocycles. The van der Waals surface area contributed by atoms with Gasteiger partial charge in [-0.25, -0.2) is 0 Å². The lowest BCUT2D eigenvalue weighted by Gasteiger charge is -2.39. The normalized spacial score (nSPS) is 20.0. The van der Waals surface area contributed by atoms with Crippen LogP contribution in [0.5, 0.6) is 0 Å². The summed E-state index contributed by atoms with van der Waals surface area (Å²) in [5.41, 5.74) is 1.15. The van der Waals surface area contributed by atoms with Gasteiger partial charge in [0, 0.05) is 14.2 Å². The SMILES string of the molecule is CCc1ccc(C(c2cccc(Br)c2)N2CCCCC2C(=O)O)s1. The Morgan fingerprint density at radius 1 is 1.38 bits per heavy atom. The summed E-state index contributed by atoms with van der Waals surface area (Å²) in [6, 6.07) is 12.2. The van der Waals surface area contributed by atoms with Gasteiger partial charge in [0.1, 0.15) is 6.04 Å². The van der Waals surface area contributed by atoms with E-state index < -0.39 is 12.0 Å². The highest BCUT2D eigenvalue weighted by molar-refractivity contribution is 9.10. The molecule has 0 aliphatic carbocycles. The molecule has 0 spiro atoms. The van der Waals surface area contributed by atoms with Crippen LogP contribution in [0, 0.1) is 0 Å². The number of piperidine rings is 1. The fourth-order valence-electron chi connectivity index (χ4n) is 3.46. The minimum absolute atomic E-state index is 0.00852. The number of benzene rings is 1. The van der Waals surface area contributed by atoms with Gasteiger partial charge in [-0.2, -0.15) is 0 Å². The van der Waals surface area contributed by atoms with Gasteiger partial charge in [-0.05, 0) is 55.6 Å². The standard InChI is InChI=1S/C19H22BrNO2S/c1-2-15-9-10-17(24-15)18(13-6-5-7-14(20)12-13)21-11-4-3-8-16(21)19(22)23/h5-7,9-10,12,16,18H,2-4,8,11H2,1H3,(H,22,23). The molecule has 2 heterocycles. The number of hydrogen-bond donors (Lipinski definition) is 1. The number of rotatable bonds is 5. The molecule has 2 aromatic rings. The van der Waals surface area contributed by atoms with Crippen LogP contribution >= 0.6 is 27.3 Å². The largest absolute Gasteiger partial charge is 0.480 e. The van der Waals surface area contributed by atoms with Gasteiger partial charge in [-0.3, -0.25) is 9.69 Å². The van der Waals surface area contributed by atoms with Crippen molar-refractivity contribution in [3.8, 4) is 0 Å². The highest BCUT2D eigenvalue weighted by Gasteiger charge is 2.35. The first-order chi connectivity index (χ1) is 11.6. The molecule has 2 atom stereocenters. The summed E-state index contributed by atoms with van der Waals surface area (Å²) in [7, 11) is 0. The Balaban J connectivity index is 2.05. The van der Waals surface area contributed by atoms with Crippen LogP contribution in [0.25, 0.3) is 0 Å². The lowest BCUT2D eigenvalue weighted by molar-refractivity contribution is -0.145. The van der Waals surface area contributed by atoms with E-state index in [-0.39, 0.29) is 6.04 Å². The number of likely N-dealkylation sites (tertiary alicyclic amines) is 1. The Kier molecular flexibility index (Phi) is 5.74. The van der Waals surface area contributed by atoms with Gasteiger partial charge in [0.15, 0.2) is 0 Å². The minimum Gasteiger partial charge on any atom is -0.480 e. The van der Waals surface area contributed by atoms with Crippen molar-refractivity contribution in [1.29, 1.82) is 0 Å². The molecule has 0 saturated carbocycles. The fourth-order valence-corrected chi connectivity index (χ4v) is 4.97. The van der Waals surface area contributed by atoms with Crippen LogP contribution in [0.15, 0.2) is 40.9 Å². The Morgan fingerprint density at radius 2 is 2.21 bits per heavy atom. The number of thiophene rings is 1. The maximum Gasteiger partial charge on any atom is 0.320 e. The van der Waals surface area contributed by atoms with Crippen molar-refractivity contribution >= 4 is 33.2 Å². The maximum absolute atomic E-state index is 11.8. The summed E-state index contributed by atoms with van der Waals surface area (Å²) < 4.78 is 1.03. The molecule has 2 unspecified atom stereocenters. The van der Waals surface area contributed by atoms with Crippen molar-refractivity contribution in [2.24, 2.45) is 0 Å². The monoisotopic (exact) mass is 407 g/mol. The average Bonchev–Trinajstić information content (AvgIpc) is 3.04. The number of hydrogen-bond acceptors (Lipinski definition) is 3. The van der Waals surface area contributed by atoms with E-state index in [0.29, 0.717) is 0 Å². The predicted molar refractivity (Wildman–Crippen MR) is 102 cm³/mol. The number of carbonyl (C=O) groups is 1. The summed E-state index contributed by atoms with van der Waals surface area (Å²) in [5, 5.41) is 9.71. The molecule has 0 bridgehead atoms. The zero-order chi connectivity index (χ0) is 17.1. The van der Waals surface area contributed by atoms with Crippen molar-refractivity contribution in [1.82, 2.24) is 4.90 Å². The van der Waals surface area contributed by atoms with Crippen molar-refractivity contribution in [2.75, 3.05) is 6.54 Å². The van der Waals surface area contributed by atoms with Crippen LogP contribution in [-0.2, 0) is 11.2 Å². The van der Waals surface area contributed by atoms with E-state index in [0.717, 1.165) is 42.3 Å². The van der Waals surface area contributed by atoms with Gasteiger partial charge in [0.2, 0.25) is 0 Å². The van der Waals surface area contributed by atoms with Crippen molar-refractivity contribution in [2.45, 2.75) is 44.7 Å². The van der Waals surface area contributed by atoms with E-state index in [1.807, 2.05) is 12.1 Å². The highest BCUT2D eigenvalue weighted by Crippen LogP contribution is 2.38. The van der Waals surface area contributed by atoms with Gasteiger partial charge in [0.05, 0.1) is 6.04 Å². The summed E-state index contributed by atoms with van der Waals surface area (Å²) in [5.74, 6) is -0.707. The quantitative estimate of drug-likeness (QED) is 0.748. The van der Waals surface area contributed by atoms with Crippen LogP contribution in [-0.4, -0.2) is 28.6 Å². The van der Waals surface area contributed by atoms with E-state index in [4.69, 9.17) is 0 Å². The second-order valence-corrected chi connectivity index (χ2v) is 8.32. The van der Waals surface area contributed by atoms with Gasteiger partial charge >= 0.3 is 5.97 Å². The number of carboxylic acid groups (broad SMARTS) is 1. The minimum atomic E-state index is -0.707. The molecular formula is C19H22BrNO2S. The highest BCUT2D eigenvalue weighted by atomic mass is 79.9. The average molecular weight is 408 g/mol. The lowest BCUT2D eigenvalue weighted by atomic mass is 9.95. The second kappa shape index (κ2) is 7.81. The third-order valence-electron chi connectivity index (χ3n) is 4.63. The molecule has 1 saturated heterocycles. The molecule has 1 aromatic carbocycles. The molecule has 0 amide bonds. The van der Waals surface area contributed by atoms with Gasteiger partial charge in [-0.15, -0.1) is 11.3 Å². The van der Waals surface area contributed by atoms with Crippen molar-refractivity contribution < 1.29 is 9.90 Å². The maximum atomic E-state index is 11.8. The molecule has 0 radical (unpaired) electrons. The Bertz CT molecular complexity index is 715. The predicted octanol–water partition coefficient (Wildman–Crippen LogP) is 5.10. The third kappa shape index (κ3) is 3.73. The van der Waals surface area contributed by atoms with Crippen LogP contribution in [0.2, 0.25) is 0 Å². The first-order valence-corrected chi connectivity index (χ1v) is 10.0. The molecule has 128 valence electrons. The first kappa shape index (κ1) is 17.6. The smallest absolute Gasteiger partial charge is 0.320 e. The summed E-state index contributed by atoms with van der Waals surface area (Å²) in [4.78, 5) is 16.6. The molecule has 1 fully saturated rings. The zero-order valence-electron chi connectivity index (χ0n) is 13.7. The molecule has 1 aliphatic heterocycles. The Morgan fingerprint density at radius 3 is 2.88 bits per heavy atom. The van der Waals surface area contributed by atoms with E-state index in [1.165, 1.54) is 9.75 Å². The molecule has 1 N–H and O–H groups in total. The van der Waals surface area contributed by atoms with Gasteiger partial charge < -0.3 is 5.11 Å². The topological polar surface area (TPSA) is 40.5 Å². The van der Waals surface area contributed by atoms with Gasteiger partial charge in [0.25, 0.3) is 0 Å². The molecular weight excluding hydrogens is 386 g/mol. The van der Waals surface area contributed by atoms with E-state index in [9.17, 15) is 9.90 Å². The van der Waals surface area contributed by atoms with Crippen LogP contribution in [0.4, 0.5) is 0 Å². The molecule has 5 heteroatoms. The Hall–Kier alpha value is -1.17. The number of aliphatic carboxylic acids is 1. The molecule has 24 heavy (non-hydrogen) atoms. The fraction of sp³-hybridized carbons (Fsp3) is 0.421. The second-order valence-electron chi connectivity index (χ2n) is 6.20. The summed E-state index contributed by atoms with van der Waals surface area (Å²) in [6.45, 7) is 2.98. The number of nitrogens with zero attached hydrogens (tertiary/aromatic N) is 1. The van der Waals surface area contributed by atoms with Crippen LogP contribution in [0.3, 0.4) is 0 Å². The summed E-state index contributed by atoms with van der Waals surface area (Å²) in [6.07, 6.45) is 3.79. The first-order valence-electron chi connectivity index (χ1n) is 8.42. The van der Waals surface area contributed by atoms with E-state index >= 15 is 0 Å². The molecule has 1 aliphatic rings. The number of aryl methyl sites for hydroxylation is 1. The van der Waals surface area contributed by atoms with Crippen LogP contribution < -0.4 is 0 Å². The number of halogens is 1. The van der Waals surface area contributed by atoms with Gasteiger partial charge in [-0.1, -0.05) is 41.4 Å². The van der Waals surface area contributed by atoms with E-state index in [1.54, 1.807) is 11.3 Å². The van der Waals surface area contributed by atoms with Crippen molar-refractivity contribution in [3.63, 3.8) is 0 Å².